The van der Waals surface area contributed by atoms with E-state index in [1.54, 1.807) is 0 Å². The van der Waals surface area contributed by atoms with Crippen LogP contribution in [-0.2, 0) is 11.3 Å². The van der Waals surface area contributed by atoms with Crippen LogP contribution >= 0.6 is 0 Å². The zero-order valence-electron chi connectivity index (χ0n) is 22.2. The third-order valence-corrected chi connectivity index (χ3v) is 6.62. The van der Waals surface area contributed by atoms with Crippen molar-refractivity contribution in [2.24, 2.45) is 5.92 Å². The summed E-state index contributed by atoms with van der Waals surface area (Å²) in [4.78, 5) is 22.9. The van der Waals surface area contributed by atoms with Crippen molar-refractivity contribution in [3.8, 4) is 5.75 Å². The van der Waals surface area contributed by atoms with E-state index in [-0.39, 0.29) is 24.6 Å². The Labute approximate surface area is 234 Å². The predicted molar refractivity (Wildman–Crippen MR) is 146 cm³/mol. The second kappa shape index (κ2) is 13.0. The van der Waals surface area contributed by atoms with Gasteiger partial charge in [-0.2, -0.15) is 5.10 Å². The first kappa shape index (κ1) is 28.3. The highest BCUT2D eigenvalue weighted by atomic mass is 19.2. The molecule has 4 aromatic rings. The van der Waals surface area contributed by atoms with Crippen LogP contribution in [0.15, 0.2) is 49.1 Å². The van der Waals surface area contributed by atoms with Crippen molar-refractivity contribution in [3.63, 3.8) is 0 Å². The number of carbonyl (C=O) groups is 1. The van der Waals surface area contributed by atoms with Crippen molar-refractivity contribution < 1.29 is 27.8 Å². The largest absolute Gasteiger partial charge is 0.490 e. The van der Waals surface area contributed by atoms with Gasteiger partial charge in [-0.15, -0.1) is 0 Å². The van der Waals surface area contributed by atoms with Crippen molar-refractivity contribution >= 4 is 34.0 Å². The van der Waals surface area contributed by atoms with E-state index in [0.717, 1.165) is 25.1 Å². The molecule has 10 nitrogen and oxygen atoms in total. The fourth-order valence-electron chi connectivity index (χ4n) is 4.43. The molecule has 0 aliphatic heterocycles. The van der Waals surface area contributed by atoms with Crippen LogP contribution in [-0.4, -0.2) is 68.5 Å². The summed E-state index contributed by atoms with van der Waals surface area (Å²) >= 11 is 0. The number of benzene rings is 2. The Morgan fingerprint density at radius 2 is 2.00 bits per heavy atom. The maximum absolute atomic E-state index is 14.9. The molecular formula is C28H30F3N7O3. The van der Waals surface area contributed by atoms with Gasteiger partial charge in [-0.1, -0.05) is 6.07 Å². The van der Waals surface area contributed by atoms with Crippen LogP contribution in [0, 0.1) is 23.4 Å². The van der Waals surface area contributed by atoms with Crippen molar-refractivity contribution in [1.29, 1.82) is 0 Å². The van der Waals surface area contributed by atoms with Gasteiger partial charge in [0.1, 0.15) is 18.7 Å². The number of hydrogen-bond acceptors (Lipinski definition) is 8. The number of aliphatic hydroxyl groups is 1. The third kappa shape index (κ3) is 7.50. The summed E-state index contributed by atoms with van der Waals surface area (Å²) in [5.74, 6) is -2.24. The Bertz CT molecular complexity index is 1510. The van der Waals surface area contributed by atoms with Gasteiger partial charge < -0.3 is 25.4 Å². The number of nitrogens with zero attached hydrogens (tertiary/aromatic N) is 5. The van der Waals surface area contributed by atoms with Crippen molar-refractivity contribution in [3.05, 3.63) is 66.5 Å². The summed E-state index contributed by atoms with van der Waals surface area (Å²) in [6.07, 6.45) is 7.47. The van der Waals surface area contributed by atoms with E-state index >= 15 is 0 Å². The molecule has 2 heterocycles. The van der Waals surface area contributed by atoms with Gasteiger partial charge in [0.05, 0.1) is 36.3 Å². The molecule has 3 N–H and O–H groups in total. The predicted octanol–water partition coefficient (Wildman–Crippen LogP) is 4.10. The van der Waals surface area contributed by atoms with Crippen LogP contribution in [0.2, 0.25) is 0 Å². The van der Waals surface area contributed by atoms with E-state index in [4.69, 9.17) is 4.74 Å². The normalized spacial score (nSPS) is 13.1. The Morgan fingerprint density at radius 3 is 2.80 bits per heavy atom. The lowest BCUT2D eigenvalue weighted by Gasteiger charge is -2.21. The Hall–Kier alpha value is -4.23. The molecule has 1 amide bonds. The number of aliphatic hydroxyl groups excluding tert-OH is 1. The fourth-order valence-corrected chi connectivity index (χ4v) is 4.43. The number of halogens is 3. The standard InChI is InChI=1S/C28H30F3N7O3/c29-21-3-1-4-23(27(21)31)36-26(40)16-38-15-19(13-34-38)35-28-20-11-22(30)25(12-24(20)32-17-33-28)41-10-2-7-37(8-9-39)14-18-5-6-18/h1,3-4,11-13,15,17-18,39H,2,5-10,14,16H2,(H,36,40)(H,32,33,35). The van der Waals surface area contributed by atoms with Crippen LogP contribution in [0.1, 0.15) is 19.3 Å². The maximum Gasteiger partial charge on any atom is 0.246 e. The minimum atomic E-state index is -1.14. The number of ether oxygens (including phenoxy) is 1. The number of nitrogens with one attached hydrogen (secondary N) is 2. The van der Waals surface area contributed by atoms with Crippen LogP contribution < -0.4 is 15.4 Å². The summed E-state index contributed by atoms with van der Waals surface area (Å²) in [6.45, 7) is 2.53. The first-order valence-corrected chi connectivity index (χ1v) is 13.3. The number of amides is 1. The molecule has 1 saturated carbocycles. The van der Waals surface area contributed by atoms with Crippen molar-refractivity contribution in [2.75, 3.05) is 43.5 Å². The molecule has 41 heavy (non-hydrogen) atoms. The topological polar surface area (TPSA) is 117 Å². The number of aromatic nitrogens is 4. The monoisotopic (exact) mass is 569 g/mol. The first-order chi connectivity index (χ1) is 19.9. The lowest BCUT2D eigenvalue weighted by Crippen LogP contribution is -2.31. The highest BCUT2D eigenvalue weighted by Crippen LogP contribution is 2.30. The highest BCUT2D eigenvalue weighted by molar-refractivity contribution is 5.92. The van der Waals surface area contributed by atoms with Gasteiger partial charge in [-0.3, -0.25) is 9.48 Å². The zero-order valence-corrected chi connectivity index (χ0v) is 22.2. The van der Waals surface area contributed by atoms with Crippen LogP contribution in [0.5, 0.6) is 5.75 Å². The smallest absolute Gasteiger partial charge is 0.246 e. The Kier molecular flexibility index (Phi) is 8.95. The number of fused-ring (bicyclic) bond motifs is 1. The minimum Gasteiger partial charge on any atom is -0.490 e. The van der Waals surface area contributed by atoms with Gasteiger partial charge in [0, 0.05) is 37.3 Å². The molecule has 2 aromatic carbocycles. The van der Waals surface area contributed by atoms with E-state index in [0.29, 0.717) is 42.0 Å². The molecule has 216 valence electrons. The second-order valence-electron chi connectivity index (χ2n) is 9.89. The van der Waals surface area contributed by atoms with E-state index in [1.807, 2.05) is 0 Å². The van der Waals surface area contributed by atoms with Crippen LogP contribution in [0.4, 0.5) is 30.4 Å². The molecule has 1 aliphatic carbocycles. The fraction of sp³-hybridized carbons (Fsp3) is 0.357. The minimum absolute atomic E-state index is 0.0895. The molecule has 0 bridgehead atoms. The van der Waals surface area contributed by atoms with Gasteiger partial charge >= 0.3 is 0 Å². The third-order valence-electron chi connectivity index (χ3n) is 6.62. The molecule has 2 aromatic heterocycles. The van der Waals surface area contributed by atoms with E-state index < -0.39 is 23.4 Å². The quantitative estimate of drug-likeness (QED) is 0.194. The SMILES string of the molecule is O=C(Cn1cc(Nc2ncnc3cc(OCCCN(CCO)CC4CC4)c(F)cc23)cn1)Nc1cccc(F)c1F. The average molecular weight is 570 g/mol. The zero-order chi connectivity index (χ0) is 28.8. The number of carbonyl (C=O) groups excluding carboxylic acids is 1. The molecule has 1 aliphatic rings. The van der Waals surface area contributed by atoms with Crippen LogP contribution in [0.25, 0.3) is 10.9 Å². The average Bonchev–Trinajstić information content (AvgIpc) is 3.66. The highest BCUT2D eigenvalue weighted by Gasteiger charge is 2.24. The van der Waals surface area contributed by atoms with E-state index in [1.165, 1.54) is 60.5 Å². The molecule has 0 saturated heterocycles. The van der Waals surface area contributed by atoms with Crippen molar-refractivity contribution in [1.82, 2.24) is 24.6 Å². The summed E-state index contributed by atoms with van der Waals surface area (Å²) in [7, 11) is 0. The summed E-state index contributed by atoms with van der Waals surface area (Å²) in [5.41, 5.74) is 0.670. The molecule has 1 fully saturated rings. The summed E-state index contributed by atoms with van der Waals surface area (Å²) in [6, 6.07) is 6.32. The van der Waals surface area contributed by atoms with E-state index in [9.17, 15) is 23.1 Å². The molecular weight excluding hydrogens is 539 g/mol. The summed E-state index contributed by atoms with van der Waals surface area (Å²) in [5, 5.41) is 19.1. The molecule has 13 heteroatoms. The Balaban J connectivity index is 1.18. The van der Waals surface area contributed by atoms with Gasteiger partial charge in [0.2, 0.25) is 5.91 Å². The second-order valence-corrected chi connectivity index (χ2v) is 9.89. The van der Waals surface area contributed by atoms with Crippen LogP contribution in [0.3, 0.4) is 0 Å². The Morgan fingerprint density at radius 1 is 1.15 bits per heavy atom. The van der Waals surface area contributed by atoms with Gasteiger partial charge in [-0.05, 0) is 43.4 Å². The lowest BCUT2D eigenvalue weighted by molar-refractivity contribution is -0.116. The lowest BCUT2D eigenvalue weighted by atomic mass is 10.2. The summed E-state index contributed by atoms with van der Waals surface area (Å²) < 4.78 is 49.2. The molecule has 5 rings (SSSR count). The van der Waals surface area contributed by atoms with Gasteiger partial charge in [-0.25, -0.2) is 23.1 Å². The molecule has 0 atom stereocenters. The maximum atomic E-state index is 14.9. The van der Waals surface area contributed by atoms with Gasteiger partial charge in [0.15, 0.2) is 23.2 Å². The number of hydrogen-bond donors (Lipinski definition) is 3. The number of anilines is 3. The number of rotatable bonds is 14. The van der Waals surface area contributed by atoms with E-state index in [2.05, 4.69) is 30.6 Å². The molecule has 0 radical (unpaired) electrons. The molecule has 0 unspecified atom stereocenters. The van der Waals surface area contributed by atoms with Crippen molar-refractivity contribution in [2.45, 2.75) is 25.8 Å². The first-order valence-electron chi connectivity index (χ1n) is 13.3. The van der Waals surface area contributed by atoms with Gasteiger partial charge in [0.25, 0.3) is 0 Å². The molecule has 0 spiro atoms.